The maximum Gasteiger partial charge on any atom is 0.344 e. The van der Waals surface area contributed by atoms with Crippen molar-refractivity contribution in [2.75, 3.05) is 14.2 Å². The van der Waals surface area contributed by atoms with E-state index in [0.29, 0.717) is 33.2 Å². The van der Waals surface area contributed by atoms with Gasteiger partial charge in [-0.25, -0.2) is 4.79 Å². The van der Waals surface area contributed by atoms with Crippen molar-refractivity contribution in [3.8, 4) is 17.2 Å². The zero-order chi connectivity index (χ0) is 26.1. The zero-order valence-corrected chi connectivity index (χ0v) is 20.5. The van der Waals surface area contributed by atoms with Crippen molar-refractivity contribution in [2.24, 2.45) is 0 Å². The van der Waals surface area contributed by atoms with Crippen LogP contribution in [0, 0.1) is 6.92 Å². The van der Waals surface area contributed by atoms with E-state index < -0.39 is 35.6 Å². The Hall–Kier alpha value is -3.37. The number of aromatic hydroxyl groups is 1. The number of phenolic OH excluding ortho intramolecular Hbond substituents is 1. The number of rotatable bonds is 3. The summed E-state index contributed by atoms with van der Waals surface area (Å²) in [6.45, 7) is 4.75. The van der Waals surface area contributed by atoms with E-state index in [4.69, 9.17) is 18.6 Å². The summed E-state index contributed by atoms with van der Waals surface area (Å²) in [7, 11) is 2.95. The Kier molecular flexibility index (Phi) is 5.64. The summed E-state index contributed by atoms with van der Waals surface area (Å²) in [5.41, 5.74) is -1.22. The fourth-order valence-corrected chi connectivity index (χ4v) is 5.28. The summed E-state index contributed by atoms with van der Waals surface area (Å²) < 4.78 is 23.0. The Morgan fingerprint density at radius 2 is 1.61 bits per heavy atom. The number of aryl methyl sites for hydroxylation is 1. The number of phenols is 1. The van der Waals surface area contributed by atoms with Crippen LogP contribution in [-0.2, 0) is 4.74 Å². The Balaban J connectivity index is 1.97. The molecule has 2 heterocycles. The van der Waals surface area contributed by atoms with Crippen molar-refractivity contribution in [3.63, 3.8) is 0 Å². The fourth-order valence-electron chi connectivity index (χ4n) is 5.28. The minimum atomic E-state index is -1.89. The molecule has 190 valence electrons. The Morgan fingerprint density at radius 1 is 0.944 bits per heavy atom. The number of methoxy groups -OCH3 is 2. The number of aliphatic hydroxyl groups is 3. The van der Waals surface area contributed by atoms with Gasteiger partial charge in [0.25, 0.3) is 0 Å². The average Bonchev–Trinajstić information content (AvgIpc) is 2.85. The number of ether oxygens (including phenoxy) is 3. The second-order valence-corrected chi connectivity index (χ2v) is 9.54. The second kappa shape index (κ2) is 8.35. The SMILES string of the molecule is COc1cc2c(oc(=O)c3cc(C)cc(OC)c32)c2c(C3O[C@H](C)[C@H](O)[C@@](C)(O)[C@H]3O)ccc(O)c12. The molecule has 0 radical (unpaired) electrons. The molecule has 0 bridgehead atoms. The standard InChI is InChI=1S/C27H28O9/c1-11-8-15-19(17(9-11)33-4)14-10-18(34-5)21-16(28)7-6-13(20(21)22(14)36-26(15)31)23-25(30)27(3,32)24(29)12(2)35-23/h6-10,12,23-25,28-30,32H,1-5H3/t12-,23?,24+,25+,27-/m1/s1. The summed E-state index contributed by atoms with van der Waals surface area (Å²) in [5, 5.41) is 45.0. The largest absolute Gasteiger partial charge is 0.507 e. The first kappa shape index (κ1) is 24.3. The van der Waals surface area contributed by atoms with Crippen molar-refractivity contribution in [1.29, 1.82) is 0 Å². The Bertz CT molecular complexity index is 1570. The van der Waals surface area contributed by atoms with E-state index in [2.05, 4.69) is 0 Å². The molecule has 5 rings (SSSR count). The van der Waals surface area contributed by atoms with Gasteiger partial charge in [0, 0.05) is 16.2 Å². The third-order valence-corrected chi connectivity index (χ3v) is 7.18. The van der Waals surface area contributed by atoms with Crippen LogP contribution in [0.4, 0.5) is 0 Å². The van der Waals surface area contributed by atoms with Crippen molar-refractivity contribution in [1.82, 2.24) is 0 Å². The van der Waals surface area contributed by atoms with Gasteiger partial charge in [0.05, 0.1) is 31.1 Å². The van der Waals surface area contributed by atoms with E-state index in [1.54, 1.807) is 25.1 Å². The second-order valence-electron chi connectivity index (χ2n) is 9.54. The van der Waals surface area contributed by atoms with Crippen molar-refractivity contribution < 1.29 is 39.1 Å². The molecule has 1 unspecified atom stereocenters. The van der Waals surface area contributed by atoms with E-state index in [1.807, 2.05) is 6.92 Å². The Morgan fingerprint density at radius 3 is 2.28 bits per heavy atom. The molecule has 3 aromatic carbocycles. The highest BCUT2D eigenvalue weighted by Gasteiger charge is 2.51. The number of aliphatic hydroxyl groups excluding tert-OH is 2. The molecule has 4 N–H and O–H groups in total. The van der Waals surface area contributed by atoms with Crippen LogP contribution in [0.1, 0.15) is 31.1 Å². The van der Waals surface area contributed by atoms with Crippen LogP contribution < -0.4 is 15.1 Å². The van der Waals surface area contributed by atoms with Crippen molar-refractivity contribution in [2.45, 2.75) is 50.8 Å². The molecular formula is C27H28O9. The van der Waals surface area contributed by atoms with Gasteiger partial charge < -0.3 is 39.1 Å². The van der Waals surface area contributed by atoms with Crippen LogP contribution in [0.2, 0.25) is 0 Å². The van der Waals surface area contributed by atoms with Crippen LogP contribution in [0.15, 0.2) is 39.5 Å². The van der Waals surface area contributed by atoms with Crippen LogP contribution in [0.5, 0.6) is 17.2 Å². The van der Waals surface area contributed by atoms with Gasteiger partial charge in [-0.05, 0) is 56.2 Å². The summed E-state index contributed by atoms with van der Waals surface area (Å²) in [4.78, 5) is 13.2. The monoisotopic (exact) mass is 496 g/mol. The summed E-state index contributed by atoms with van der Waals surface area (Å²) in [6, 6.07) is 8.11. The molecule has 0 amide bonds. The molecule has 1 aliphatic heterocycles. The van der Waals surface area contributed by atoms with Gasteiger partial charge in [0.1, 0.15) is 46.7 Å². The van der Waals surface area contributed by atoms with E-state index >= 15 is 0 Å². The molecule has 9 nitrogen and oxygen atoms in total. The van der Waals surface area contributed by atoms with E-state index in [0.717, 1.165) is 5.56 Å². The highest BCUT2D eigenvalue weighted by Crippen LogP contribution is 2.48. The molecular weight excluding hydrogens is 468 g/mol. The minimum absolute atomic E-state index is 0.130. The van der Waals surface area contributed by atoms with Gasteiger partial charge in [-0.3, -0.25) is 0 Å². The number of fused-ring (bicyclic) bond motifs is 5. The van der Waals surface area contributed by atoms with Crippen molar-refractivity contribution >= 4 is 32.5 Å². The molecule has 0 saturated carbocycles. The number of benzene rings is 3. The van der Waals surface area contributed by atoms with Gasteiger partial charge in [-0.1, -0.05) is 6.07 Å². The first-order valence-corrected chi connectivity index (χ1v) is 11.5. The van der Waals surface area contributed by atoms with Gasteiger partial charge in [-0.15, -0.1) is 0 Å². The zero-order valence-electron chi connectivity index (χ0n) is 20.5. The summed E-state index contributed by atoms with van der Waals surface area (Å²) in [6.07, 6.45) is -4.84. The molecule has 1 aromatic heterocycles. The maximum absolute atomic E-state index is 13.2. The van der Waals surface area contributed by atoms with Crippen LogP contribution in [0.3, 0.4) is 0 Å². The van der Waals surface area contributed by atoms with Gasteiger partial charge in [0.2, 0.25) is 0 Å². The van der Waals surface area contributed by atoms with Crippen molar-refractivity contribution in [3.05, 3.63) is 51.9 Å². The van der Waals surface area contributed by atoms with E-state index in [1.165, 1.54) is 33.3 Å². The fraction of sp³-hybridized carbons (Fsp3) is 0.370. The van der Waals surface area contributed by atoms with Crippen LogP contribution in [0.25, 0.3) is 32.5 Å². The predicted molar refractivity (Wildman–Crippen MR) is 133 cm³/mol. The third kappa shape index (κ3) is 3.35. The number of hydrogen-bond acceptors (Lipinski definition) is 9. The van der Waals surface area contributed by atoms with E-state index in [9.17, 15) is 25.2 Å². The highest BCUT2D eigenvalue weighted by molar-refractivity contribution is 6.19. The van der Waals surface area contributed by atoms with Crippen LogP contribution in [-0.4, -0.2) is 58.6 Å². The molecule has 1 fully saturated rings. The lowest BCUT2D eigenvalue weighted by Gasteiger charge is -2.46. The lowest BCUT2D eigenvalue weighted by atomic mass is 9.80. The molecule has 0 aliphatic carbocycles. The normalized spacial score (nSPS) is 26.6. The van der Waals surface area contributed by atoms with Gasteiger partial charge in [0.15, 0.2) is 0 Å². The molecule has 36 heavy (non-hydrogen) atoms. The molecule has 0 spiro atoms. The lowest BCUT2D eigenvalue weighted by Crippen LogP contribution is -2.61. The molecule has 1 saturated heterocycles. The average molecular weight is 497 g/mol. The van der Waals surface area contributed by atoms with Crippen LogP contribution >= 0.6 is 0 Å². The minimum Gasteiger partial charge on any atom is -0.507 e. The number of hydrogen-bond donors (Lipinski definition) is 4. The molecule has 5 atom stereocenters. The van der Waals surface area contributed by atoms with E-state index in [-0.39, 0.29) is 22.1 Å². The first-order chi connectivity index (χ1) is 17.0. The predicted octanol–water partition coefficient (Wildman–Crippen LogP) is 3.06. The van der Waals surface area contributed by atoms with Gasteiger partial charge in [-0.2, -0.15) is 0 Å². The summed E-state index contributed by atoms with van der Waals surface area (Å²) >= 11 is 0. The topological polar surface area (TPSA) is 139 Å². The molecule has 4 aromatic rings. The Labute approximate surface area is 206 Å². The quantitative estimate of drug-likeness (QED) is 0.249. The smallest absolute Gasteiger partial charge is 0.344 e. The molecule has 1 aliphatic rings. The van der Waals surface area contributed by atoms with Gasteiger partial charge >= 0.3 is 5.63 Å². The molecule has 9 heteroatoms. The lowest BCUT2D eigenvalue weighted by molar-refractivity contribution is -0.261. The maximum atomic E-state index is 13.2. The highest BCUT2D eigenvalue weighted by atomic mass is 16.5. The summed E-state index contributed by atoms with van der Waals surface area (Å²) in [5.74, 6) is 0.607. The third-order valence-electron chi connectivity index (χ3n) is 7.18. The first-order valence-electron chi connectivity index (χ1n) is 11.5.